The van der Waals surface area contributed by atoms with Gasteiger partial charge in [-0.3, -0.25) is 9.59 Å². The number of hydrogen-bond donors (Lipinski definition) is 2. The summed E-state index contributed by atoms with van der Waals surface area (Å²) in [4.78, 5) is 31.8. The van der Waals surface area contributed by atoms with Gasteiger partial charge in [-0.15, -0.1) is 0 Å². The van der Waals surface area contributed by atoms with Crippen LogP contribution in [0.4, 0.5) is 0 Å². The molecule has 22 heavy (non-hydrogen) atoms. The second-order valence-corrected chi connectivity index (χ2v) is 4.92. The summed E-state index contributed by atoms with van der Waals surface area (Å²) in [6, 6.07) is 8.90. The van der Waals surface area contributed by atoms with E-state index in [9.17, 15) is 9.59 Å². The van der Waals surface area contributed by atoms with E-state index in [2.05, 4.69) is 20.6 Å². The number of aryl methyl sites for hydroxylation is 2. The lowest BCUT2D eigenvalue weighted by atomic mass is 10.1. The molecular weight excluding hydrogens is 280 g/mol. The molecule has 2 rings (SSSR count). The number of aromatic nitrogens is 2. The van der Waals surface area contributed by atoms with Crippen LogP contribution in [0.1, 0.15) is 27.4 Å². The Morgan fingerprint density at radius 2 is 1.77 bits per heavy atom. The number of carbonyl (C=O) groups excluding carboxylic acids is 2. The number of nitrogens with zero attached hydrogens (tertiary/aromatic N) is 2. The van der Waals surface area contributed by atoms with Gasteiger partial charge < -0.3 is 10.6 Å². The van der Waals surface area contributed by atoms with Crippen molar-refractivity contribution in [2.45, 2.75) is 20.4 Å². The zero-order chi connectivity index (χ0) is 15.9. The van der Waals surface area contributed by atoms with E-state index in [1.165, 1.54) is 0 Å². The topological polar surface area (TPSA) is 84.0 Å². The molecule has 1 aromatic heterocycles. The van der Waals surface area contributed by atoms with Gasteiger partial charge in [0.25, 0.3) is 5.91 Å². The highest BCUT2D eigenvalue weighted by molar-refractivity contribution is 5.96. The summed E-state index contributed by atoms with van der Waals surface area (Å²) in [6.07, 6.45) is 1.64. The molecule has 0 saturated heterocycles. The smallest absolute Gasteiger partial charge is 0.251 e. The van der Waals surface area contributed by atoms with E-state index in [-0.39, 0.29) is 18.4 Å². The zero-order valence-electron chi connectivity index (χ0n) is 12.6. The number of carbonyl (C=O) groups is 2. The molecule has 0 radical (unpaired) electrons. The summed E-state index contributed by atoms with van der Waals surface area (Å²) in [5, 5.41) is 5.28. The Hall–Kier alpha value is -2.76. The van der Waals surface area contributed by atoms with Crippen molar-refractivity contribution in [3.05, 3.63) is 59.2 Å². The third-order valence-corrected chi connectivity index (χ3v) is 3.02. The van der Waals surface area contributed by atoms with Crippen LogP contribution in [0, 0.1) is 13.8 Å². The first-order chi connectivity index (χ1) is 10.5. The van der Waals surface area contributed by atoms with Crippen molar-refractivity contribution in [1.82, 2.24) is 20.6 Å². The van der Waals surface area contributed by atoms with Gasteiger partial charge in [-0.25, -0.2) is 9.97 Å². The summed E-state index contributed by atoms with van der Waals surface area (Å²) in [5.74, 6) is 0.115. The third-order valence-electron chi connectivity index (χ3n) is 3.02. The minimum atomic E-state index is -0.270. The maximum Gasteiger partial charge on any atom is 0.251 e. The number of rotatable bonds is 5. The molecule has 2 amide bonds. The molecule has 1 aromatic carbocycles. The van der Waals surface area contributed by atoms with E-state index in [0.717, 1.165) is 11.3 Å². The highest BCUT2D eigenvalue weighted by Gasteiger charge is 2.07. The summed E-state index contributed by atoms with van der Waals surface area (Å²) >= 11 is 0. The maximum absolute atomic E-state index is 11.9. The fourth-order valence-corrected chi connectivity index (χ4v) is 1.82. The largest absolute Gasteiger partial charge is 0.349 e. The number of benzene rings is 1. The lowest BCUT2D eigenvalue weighted by Crippen LogP contribution is -2.36. The summed E-state index contributed by atoms with van der Waals surface area (Å²) < 4.78 is 0. The minimum Gasteiger partial charge on any atom is -0.349 e. The van der Waals surface area contributed by atoms with Gasteiger partial charge in [0.05, 0.1) is 18.8 Å². The van der Waals surface area contributed by atoms with Gasteiger partial charge in [0, 0.05) is 11.8 Å². The van der Waals surface area contributed by atoms with E-state index >= 15 is 0 Å². The van der Waals surface area contributed by atoms with E-state index < -0.39 is 0 Å². The van der Waals surface area contributed by atoms with Crippen molar-refractivity contribution in [2.24, 2.45) is 0 Å². The van der Waals surface area contributed by atoms with Gasteiger partial charge in [0.2, 0.25) is 5.91 Å². The average Bonchev–Trinajstić information content (AvgIpc) is 2.51. The second kappa shape index (κ2) is 7.31. The molecule has 0 aliphatic rings. The van der Waals surface area contributed by atoms with Crippen molar-refractivity contribution in [1.29, 1.82) is 0 Å². The van der Waals surface area contributed by atoms with Crippen LogP contribution in [-0.4, -0.2) is 28.3 Å². The number of amides is 2. The quantitative estimate of drug-likeness (QED) is 0.867. The van der Waals surface area contributed by atoms with Crippen LogP contribution in [0.15, 0.2) is 36.5 Å². The molecule has 0 spiro atoms. The van der Waals surface area contributed by atoms with Gasteiger partial charge >= 0.3 is 0 Å². The van der Waals surface area contributed by atoms with Crippen LogP contribution in [0.3, 0.4) is 0 Å². The molecule has 0 aliphatic heterocycles. The van der Waals surface area contributed by atoms with Crippen LogP contribution in [-0.2, 0) is 11.3 Å². The first-order valence-corrected chi connectivity index (χ1v) is 6.94. The average molecular weight is 298 g/mol. The van der Waals surface area contributed by atoms with Crippen molar-refractivity contribution in [2.75, 3.05) is 6.54 Å². The SMILES string of the molecule is Cc1ccc(C(=O)NCC(=O)NCc2ccnc(C)n2)cc1. The first kappa shape index (κ1) is 15.6. The molecule has 2 N–H and O–H groups in total. The van der Waals surface area contributed by atoms with Crippen LogP contribution in [0.2, 0.25) is 0 Å². The molecule has 0 atom stereocenters. The lowest BCUT2D eigenvalue weighted by Gasteiger charge is -2.07. The molecule has 6 heteroatoms. The molecular formula is C16H18N4O2. The van der Waals surface area contributed by atoms with Crippen molar-refractivity contribution in [3.8, 4) is 0 Å². The van der Waals surface area contributed by atoms with E-state index in [4.69, 9.17) is 0 Å². The fourth-order valence-electron chi connectivity index (χ4n) is 1.82. The van der Waals surface area contributed by atoms with Crippen LogP contribution in [0.25, 0.3) is 0 Å². The van der Waals surface area contributed by atoms with Crippen LogP contribution >= 0.6 is 0 Å². The Labute approximate surface area is 129 Å². The predicted molar refractivity (Wildman–Crippen MR) is 82.1 cm³/mol. The van der Waals surface area contributed by atoms with Gasteiger partial charge in [-0.2, -0.15) is 0 Å². The summed E-state index contributed by atoms with van der Waals surface area (Å²) in [5.41, 5.74) is 2.34. The highest BCUT2D eigenvalue weighted by Crippen LogP contribution is 2.02. The molecule has 0 saturated carbocycles. The van der Waals surface area contributed by atoms with Gasteiger partial charge in [0.15, 0.2) is 0 Å². The molecule has 0 aliphatic carbocycles. The molecule has 0 unspecified atom stereocenters. The summed E-state index contributed by atoms with van der Waals surface area (Å²) in [6.45, 7) is 3.97. The molecule has 0 bridgehead atoms. The monoisotopic (exact) mass is 298 g/mol. The Morgan fingerprint density at radius 3 is 2.45 bits per heavy atom. The summed E-state index contributed by atoms with van der Waals surface area (Å²) in [7, 11) is 0. The van der Waals surface area contributed by atoms with Gasteiger partial charge in [-0.05, 0) is 32.0 Å². The molecule has 0 fully saturated rings. The Morgan fingerprint density at radius 1 is 1.05 bits per heavy atom. The maximum atomic E-state index is 11.9. The molecule has 2 aromatic rings. The standard InChI is InChI=1S/C16H18N4O2/c1-11-3-5-13(6-4-11)16(22)19-10-15(21)18-9-14-7-8-17-12(2)20-14/h3-8H,9-10H2,1-2H3,(H,18,21)(H,19,22). The van der Waals surface area contributed by atoms with Crippen LogP contribution < -0.4 is 10.6 Å². The van der Waals surface area contributed by atoms with Crippen LogP contribution in [0.5, 0.6) is 0 Å². The second-order valence-electron chi connectivity index (χ2n) is 4.92. The fraction of sp³-hybridized carbons (Fsp3) is 0.250. The van der Waals surface area contributed by atoms with Crippen molar-refractivity contribution in [3.63, 3.8) is 0 Å². The Balaban J connectivity index is 1.78. The Bertz CT molecular complexity index is 668. The zero-order valence-corrected chi connectivity index (χ0v) is 12.6. The predicted octanol–water partition coefficient (Wildman–Crippen LogP) is 1.14. The normalized spacial score (nSPS) is 10.1. The third kappa shape index (κ3) is 4.66. The van der Waals surface area contributed by atoms with E-state index in [0.29, 0.717) is 17.9 Å². The lowest BCUT2D eigenvalue weighted by molar-refractivity contribution is -0.120. The Kier molecular flexibility index (Phi) is 5.19. The van der Waals surface area contributed by atoms with Crippen molar-refractivity contribution >= 4 is 11.8 Å². The molecule has 1 heterocycles. The van der Waals surface area contributed by atoms with E-state index in [1.807, 2.05) is 19.1 Å². The first-order valence-electron chi connectivity index (χ1n) is 6.94. The minimum absolute atomic E-state index is 0.0726. The highest BCUT2D eigenvalue weighted by atomic mass is 16.2. The van der Waals surface area contributed by atoms with Gasteiger partial charge in [-0.1, -0.05) is 17.7 Å². The molecule has 114 valence electrons. The van der Waals surface area contributed by atoms with E-state index in [1.54, 1.807) is 31.3 Å². The number of hydrogen-bond acceptors (Lipinski definition) is 4. The van der Waals surface area contributed by atoms with Crippen molar-refractivity contribution < 1.29 is 9.59 Å². The molecule has 6 nitrogen and oxygen atoms in total. The van der Waals surface area contributed by atoms with Gasteiger partial charge in [0.1, 0.15) is 5.82 Å². The number of nitrogens with one attached hydrogen (secondary N) is 2.